The van der Waals surface area contributed by atoms with Crippen LogP contribution < -0.4 is 16.0 Å². The van der Waals surface area contributed by atoms with Crippen molar-refractivity contribution >= 4 is 11.9 Å². The van der Waals surface area contributed by atoms with Gasteiger partial charge in [-0.05, 0) is 23.6 Å². The van der Waals surface area contributed by atoms with Gasteiger partial charge >= 0.3 is 6.03 Å². The SMILES string of the molecule is CNC(=O)NCC(=O)NCc1ccc(-c2cccc(C)c2)cc1. The highest BCUT2D eigenvalue weighted by Gasteiger charge is 2.04. The smallest absolute Gasteiger partial charge is 0.314 e. The molecule has 0 aliphatic carbocycles. The summed E-state index contributed by atoms with van der Waals surface area (Å²) < 4.78 is 0. The van der Waals surface area contributed by atoms with Crippen LogP contribution in [0.2, 0.25) is 0 Å². The molecule has 2 aromatic carbocycles. The molecule has 0 atom stereocenters. The Labute approximate surface area is 136 Å². The van der Waals surface area contributed by atoms with Gasteiger partial charge in [-0.3, -0.25) is 4.79 Å². The second kappa shape index (κ2) is 7.98. The summed E-state index contributed by atoms with van der Waals surface area (Å²) in [5.41, 5.74) is 4.55. The standard InChI is InChI=1S/C18H21N3O2/c1-13-4-3-5-16(10-13)15-8-6-14(7-9-15)11-20-17(22)12-21-18(23)19-2/h3-10H,11-12H2,1-2H3,(H,20,22)(H2,19,21,23). The zero-order chi connectivity index (χ0) is 16.7. The van der Waals surface area contributed by atoms with Gasteiger partial charge in [0, 0.05) is 13.6 Å². The summed E-state index contributed by atoms with van der Waals surface area (Å²) in [4.78, 5) is 22.6. The Morgan fingerprint density at radius 1 is 0.957 bits per heavy atom. The molecule has 0 saturated carbocycles. The number of amides is 3. The second-order valence-corrected chi connectivity index (χ2v) is 5.28. The van der Waals surface area contributed by atoms with Gasteiger partial charge in [-0.25, -0.2) is 4.79 Å². The Morgan fingerprint density at radius 2 is 1.70 bits per heavy atom. The van der Waals surface area contributed by atoms with E-state index in [-0.39, 0.29) is 18.5 Å². The first-order chi connectivity index (χ1) is 11.1. The minimum Gasteiger partial charge on any atom is -0.350 e. The molecule has 0 heterocycles. The summed E-state index contributed by atoms with van der Waals surface area (Å²) in [6, 6.07) is 16.0. The molecule has 23 heavy (non-hydrogen) atoms. The minimum absolute atomic E-state index is 0.0406. The van der Waals surface area contributed by atoms with Crippen molar-refractivity contribution in [3.05, 3.63) is 59.7 Å². The van der Waals surface area contributed by atoms with Crippen molar-refractivity contribution in [2.24, 2.45) is 0 Å². The summed E-state index contributed by atoms with van der Waals surface area (Å²) in [6.07, 6.45) is 0. The lowest BCUT2D eigenvalue weighted by molar-refractivity contribution is -0.120. The number of urea groups is 1. The Kier molecular flexibility index (Phi) is 5.74. The van der Waals surface area contributed by atoms with Crippen LogP contribution in [-0.2, 0) is 11.3 Å². The Balaban J connectivity index is 1.88. The molecule has 5 nitrogen and oxygen atoms in total. The molecule has 0 aromatic heterocycles. The summed E-state index contributed by atoms with van der Waals surface area (Å²) in [5, 5.41) is 7.60. The van der Waals surface area contributed by atoms with Crippen molar-refractivity contribution in [2.45, 2.75) is 13.5 Å². The van der Waals surface area contributed by atoms with E-state index in [1.165, 1.54) is 18.2 Å². The van der Waals surface area contributed by atoms with Crippen molar-refractivity contribution in [2.75, 3.05) is 13.6 Å². The van der Waals surface area contributed by atoms with Gasteiger partial charge in [-0.1, -0.05) is 54.1 Å². The van der Waals surface area contributed by atoms with E-state index < -0.39 is 0 Å². The van der Waals surface area contributed by atoms with Crippen molar-refractivity contribution in [1.29, 1.82) is 0 Å². The highest BCUT2D eigenvalue weighted by molar-refractivity contribution is 5.83. The molecule has 3 amide bonds. The number of aryl methyl sites for hydroxylation is 1. The predicted molar refractivity (Wildman–Crippen MR) is 90.9 cm³/mol. The van der Waals surface area contributed by atoms with E-state index in [4.69, 9.17) is 0 Å². The molecule has 2 rings (SSSR count). The third-order valence-electron chi connectivity index (χ3n) is 3.43. The van der Waals surface area contributed by atoms with Crippen molar-refractivity contribution in [1.82, 2.24) is 16.0 Å². The van der Waals surface area contributed by atoms with Gasteiger partial charge in [-0.15, -0.1) is 0 Å². The third-order valence-corrected chi connectivity index (χ3v) is 3.43. The van der Waals surface area contributed by atoms with E-state index in [1.807, 2.05) is 30.3 Å². The monoisotopic (exact) mass is 311 g/mol. The number of carbonyl (C=O) groups excluding carboxylic acids is 2. The fraction of sp³-hybridized carbons (Fsp3) is 0.222. The van der Waals surface area contributed by atoms with Crippen molar-refractivity contribution in [3.8, 4) is 11.1 Å². The van der Waals surface area contributed by atoms with Crippen LogP contribution in [0.3, 0.4) is 0 Å². The molecule has 0 aliphatic rings. The number of hydrogen-bond donors (Lipinski definition) is 3. The van der Waals surface area contributed by atoms with E-state index in [0.717, 1.165) is 11.1 Å². The zero-order valence-electron chi connectivity index (χ0n) is 13.3. The predicted octanol–water partition coefficient (Wildman–Crippen LogP) is 2.21. The largest absolute Gasteiger partial charge is 0.350 e. The fourth-order valence-corrected chi connectivity index (χ4v) is 2.15. The average Bonchev–Trinajstić information content (AvgIpc) is 2.58. The molecule has 5 heteroatoms. The first-order valence-corrected chi connectivity index (χ1v) is 7.47. The topological polar surface area (TPSA) is 70.2 Å². The molecule has 3 N–H and O–H groups in total. The normalized spacial score (nSPS) is 10.0. The first-order valence-electron chi connectivity index (χ1n) is 7.47. The Morgan fingerprint density at radius 3 is 2.35 bits per heavy atom. The Bertz CT molecular complexity index is 681. The van der Waals surface area contributed by atoms with Gasteiger partial charge < -0.3 is 16.0 Å². The average molecular weight is 311 g/mol. The maximum absolute atomic E-state index is 11.6. The lowest BCUT2D eigenvalue weighted by Gasteiger charge is -2.08. The molecule has 0 fully saturated rings. The Hall–Kier alpha value is -2.82. The van der Waals surface area contributed by atoms with Gasteiger partial charge in [0.2, 0.25) is 5.91 Å². The summed E-state index contributed by atoms with van der Waals surface area (Å²) in [6.45, 7) is 2.46. The zero-order valence-corrected chi connectivity index (χ0v) is 13.3. The fourth-order valence-electron chi connectivity index (χ4n) is 2.15. The highest BCUT2D eigenvalue weighted by Crippen LogP contribution is 2.20. The van der Waals surface area contributed by atoms with Crippen LogP contribution in [0.4, 0.5) is 4.79 Å². The quantitative estimate of drug-likeness (QED) is 0.792. The van der Waals surface area contributed by atoms with Crippen LogP contribution in [-0.4, -0.2) is 25.5 Å². The van der Waals surface area contributed by atoms with Gasteiger partial charge in [0.05, 0.1) is 6.54 Å². The van der Waals surface area contributed by atoms with Gasteiger partial charge in [-0.2, -0.15) is 0 Å². The molecule has 0 aliphatic heterocycles. The first kappa shape index (κ1) is 16.5. The maximum atomic E-state index is 11.6. The molecule has 120 valence electrons. The van der Waals surface area contributed by atoms with Crippen molar-refractivity contribution in [3.63, 3.8) is 0 Å². The number of hydrogen-bond acceptors (Lipinski definition) is 2. The summed E-state index contributed by atoms with van der Waals surface area (Å²) in [7, 11) is 1.50. The number of carbonyl (C=O) groups is 2. The highest BCUT2D eigenvalue weighted by atomic mass is 16.2. The number of nitrogens with one attached hydrogen (secondary N) is 3. The molecule has 0 saturated heterocycles. The van der Waals surface area contributed by atoms with Crippen LogP contribution in [0.25, 0.3) is 11.1 Å². The molecular formula is C18H21N3O2. The maximum Gasteiger partial charge on any atom is 0.314 e. The van der Waals surface area contributed by atoms with E-state index in [9.17, 15) is 9.59 Å². The molecule has 0 bridgehead atoms. The molecule has 0 radical (unpaired) electrons. The van der Waals surface area contributed by atoms with E-state index in [2.05, 4.69) is 41.1 Å². The summed E-state index contributed by atoms with van der Waals surface area (Å²) >= 11 is 0. The second-order valence-electron chi connectivity index (χ2n) is 5.28. The van der Waals surface area contributed by atoms with Crippen molar-refractivity contribution < 1.29 is 9.59 Å². The van der Waals surface area contributed by atoms with Crippen LogP contribution in [0.15, 0.2) is 48.5 Å². The van der Waals surface area contributed by atoms with Crippen LogP contribution in [0, 0.1) is 6.92 Å². The number of rotatable bonds is 5. The van der Waals surface area contributed by atoms with Crippen LogP contribution >= 0.6 is 0 Å². The molecular weight excluding hydrogens is 290 g/mol. The van der Waals surface area contributed by atoms with E-state index in [0.29, 0.717) is 6.54 Å². The minimum atomic E-state index is -0.373. The summed E-state index contributed by atoms with van der Waals surface area (Å²) in [5.74, 6) is -0.226. The third kappa shape index (κ3) is 5.14. The van der Waals surface area contributed by atoms with E-state index >= 15 is 0 Å². The van der Waals surface area contributed by atoms with Gasteiger partial charge in [0.25, 0.3) is 0 Å². The van der Waals surface area contributed by atoms with E-state index in [1.54, 1.807) is 0 Å². The van der Waals surface area contributed by atoms with Gasteiger partial charge in [0.15, 0.2) is 0 Å². The van der Waals surface area contributed by atoms with Crippen LogP contribution in [0.1, 0.15) is 11.1 Å². The molecule has 2 aromatic rings. The lowest BCUT2D eigenvalue weighted by Crippen LogP contribution is -2.40. The number of benzene rings is 2. The molecule has 0 unspecified atom stereocenters. The van der Waals surface area contributed by atoms with Crippen LogP contribution in [0.5, 0.6) is 0 Å². The van der Waals surface area contributed by atoms with Gasteiger partial charge in [0.1, 0.15) is 0 Å². The lowest BCUT2D eigenvalue weighted by atomic mass is 10.0. The molecule has 0 spiro atoms.